The van der Waals surface area contributed by atoms with Crippen LogP contribution in [0.4, 0.5) is 0 Å². The summed E-state index contributed by atoms with van der Waals surface area (Å²) in [5, 5.41) is 1.94. The molecule has 0 aliphatic heterocycles. The molecule has 0 amide bonds. The van der Waals surface area contributed by atoms with Crippen molar-refractivity contribution in [2.45, 2.75) is 38.5 Å². The first kappa shape index (κ1) is 14.8. The van der Waals surface area contributed by atoms with Crippen molar-refractivity contribution in [3.8, 4) is 0 Å². The number of allylic oxidation sites excluding steroid dienone is 1. The molecule has 1 aromatic rings. The van der Waals surface area contributed by atoms with Crippen LogP contribution in [0.3, 0.4) is 0 Å². The predicted octanol–water partition coefficient (Wildman–Crippen LogP) is 6.09. The predicted molar refractivity (Wildman–Crippen MR) is 82.0 cm³/mol. The third-order valence-electron chi connectivity index (χ3n) is 2.68. The molecule has 17 heavy (non-hydrogen) atoms. The summed E-state index contributed by atoms with van der Waals surface area (Å²) < 4.78 is 0. The summed E-state index contributed by atoms with van der Waals surface area (Å²) in [7, 11) is 0. The van der Waals surface area contributed by atoms with Crippen LogP contribution in [0.2, 0.25) is 5.02 Å². The highest BCUT2D eigenvalue weighted by atomic mass is 79.9. The van der Waals surface area contributed by atoms with E-state index >= 15 is 0 Å². The van der Waals surface area contributed by atoms with Crippen LogP contribution in [0.5, 0.6) is 0 Å². The fourth-order valence-corrected chi connectivity index (χ4v) is 2.20. The smallest absolute Gasteiger partial charge is 0.0406 e. The molecular weight excluding hydrogens is 296 g/mol. The molecule has 1 rings (SSSR count). The summed E-state index contributed by atoms with van der Waals surface area (Å²) in [6, 6.07) is 7.96. The lowest BCUT2D eigenvalue weighted by Crippen LogP contribution is -1.79. The molecule has 0 saturated heterocycles. The summed E-state index contributed by atoms with van der Waals surface area (Å²) in [5.41, 5.74) is 1.23. The van der Waals surface area contributed by atoms with Gasteiger partial charge in [-0.25, -0.2) is 0 Å². The molecule has 0 aliphatic rings. The van der Waals surface area contributed by atoms with Crippen molar-refractivity contribution in [2.75, 3.05) is 5.33 Å². The van der Waals surface area contributed by atoms with Crippen LogP contribution in [-0.4, -0.2) is 5.33 Å². The van der Waals surface area contributed by atoms with E-state index in [2.05, 4.69) is 40.2 Å². The Labute approximate surface area is 118 Å². The Morgan fingerprint density at radius 3 is 2.29 bits per heavy atom. The maximum atomic E-state index is 5.83. The first-order chi connectivity index (χ1) is 8.33. The number of hydrogen-bond acceptors (Lipinski definition) is 0. The minimum Gasteiger partial charge on any atom is -0.0928 e. The number of unbranched alkanes of at least 4 members (excludes halogenated alkanes) is 5. The van der Waals surface area contributed by atoms with Gasteiger partial charge >= 0.3 is 0 Å². The first-order valence-electron chi connectivity index (χ1n) is 6.31. The van der Waals surface area contributed by atoms with Gasteiger partial charge in [0.15, 0.2) is 0 Å². The van der Waals surface area contributed by atoms with E-state index in [0.717, 1.165) is 10.4 Å². The highest BCUT2D eigenvalue weighted by Gasteiger charge is 1.89. The minimum absolute atomic E-state index is 0.800. The van der Waals surface area contributed by atoms with E-state index in [1.165, 1.54) is 44.1 Å². The summed E-state index contributed by atoms with van der Waals surface area (Å²) in [6.45, 7) is 0. The van der Waals surface area contributed by atoms with E-state index in [9.17, 15) is 0 Å². The lowest BCUT2D eigenvalue weighted by atomic mass is 10.1. The van der Waals surface area contributed by atoms with E-state index in [1.807, 2.05) is 12.1 Å². The van der Waals surface area contributed by atoms with Gasteiger partial charge in [-0.1, -0.05) is 71.1 Å². The fraction of sp³-hybridized carbons (Fsp3) is 0.467. The number of halogens is 2. The van der Waals surface area contributed by atoms with Crippen molar-refractivity contribution in [1.29, 1.82) is 0 Å². The molecule has 0 bridgehead atoms. The molecule has 0 atom stereocenters. The molecule has 0 aromatic heterocycles. The SMILES string of the molecule is Clc1ccc(/C=C\CCCCCCCBr)cc1. The maximum absolute atomic E-state index is 5.83. The second-order valence-electron chi connectivity index (χ2n) is 4.20. The summed E-state index contributed by atoms with van der Waals surface area (Å²) in [5.74, 6) is 0. The van der Waals surface area contributed by atoms with Crippen LogP contribution in [0, 0.1) is 0 Å². The number of alkyl halides is 1. The summed E-state index contributed by atoms with van der Waals surface area (Å²) in [4.78, 5) is 0. The Morgan fingerprint density at radius 1 is 0.941 bits per heavy atom. The molecule has 0 N–H and O–H groups in total. The molecule has 1 aromatic carbocycles. The third-order valence-corrected chi connectivity index (χ3v) is 3.50. The molecule has 0 nitrogen and oxygen atoms in total. The highest BCUT2D eigenvalue weighted by Crippen LogP contribution is 2.12. The van der Waals surface area contributed by atoms with Crippen LogP contribution < -0.4 is 0 Å². The lowest BCUT2D eigenvalue weighted by molar-refractivity contribution is 0.641. The summed E-state index contributed by atoms with van der Waals surface area (Å²) in [6.07, 6.45) is 12.3. The molecule has 0 fully saturated rings. The topological polar surface area (TPSA) is 0 Å². The van der Waals surface area contributed by atoms with Crippen molar-refractivity contribution in [3.05, 3.63) is 40.9 Å². The molecule has 0 saturated carbocycles. The normalized spacial score (nSPS) is 11.2. The molecule has 0 unspecified atom stereocenters. The van der Waals surface area contributed by atoms with Gasteiger partial charge in [0.25, 0.3) is 0 Å². The molecule has 0 heterocycles. The van der Waals surface area contributed by atoms with Crippen LogP contribution in [0.1, 0.15) is 44.1 Å². The molecule has 94 valence electrons. The second kappa shape index (κ2) is 9.73. The third kappa shape index (κ3) is 7.62. The van der Waals surface area contributed by atoms with Crippen molar-refractivity contribution in [2.24, 2.45) is 0 Å². The zero-order chi connectivity index (χ0) is 12.3. The molecular formula is C15H20BrCl. The van der Waals surface area contributed by atoms with Gasteiger partial charge in [0.05, 0.1) is 0 Å². The number of benzene rings is 1. The van der Waals surface area contributed by atoms with Gasteiger partial charge in [0.1, 0.15) is 0 Å². The van der Waals surface area contributed by atoms with Crippen molar-refractivity contribution >= 4 is 33.6 Å². The van der Waals surface area contributed by atoms with Crippen LogP contribution in [-0.2, 0) is 0 Å². The molecule has 0 spiro atoms. The van der Waals surface area contributed by atoms with Crippen molar-refractivity contribution in [1.82, 2.24) is 0 Å². The Bertz CT molecular complexity index is 316. The average Bonchev–Trinajstić information content (AvgIpc) is 2.35. The first-order valence-corrected chi connectivity index (χ1v) is 7.81. The van der Waals surface area contributed by atoms with Crippen LogP contribution in [0.25, 0.3) is 6.08 Å². The zero-order valence-corrected chi connectivity index (χ0v) is 12.5. The van der Waals surface area contributed by atoms with Crippen LogP contribution in [0.15, 0.2) is 30.3 Å². The maximum Gasteiger partial charge on any atom is 0.0406 e. The monoisotopic (exact) mass is 314 g/mol. The van der Waals surface area contributed by atoms with Gasteiger partial charge in [-0.3, -0.25) is 0 Å². The van der Waals surface area contributed by atoms with Gasteiger partial charge in [0, 0.05) is 10.4 Å². The van der Waals surface area contributed by atoms with Gasteiger partial charge in [-0.05, 0) is 37.0 Å². The van der Waals surface area contributed by atoms with E-state index in [-0.39, 0.29) is 0 Å². The van der Waals surface area contributed by atoms with Crippen LogP contribution >= 0.6 is 27.5 Å². The zero-order valence-electron chi connectivity index (χ0n) is 10.2. The van der Waals surface area contributed by atoms with Crippen molar-refractivity contribution in [3.63, 3.8) is 0 Å². The quantitative estimate of drug-likeness (QED) is 0.402. The largest absolute Gasteiger partial charge is 0.0928 e. The molecule has 0 radical (unpaired) electrons. The molecule has 0 aliphatic carbocycles. The molecule has 2 heteroatoms. The van der Waals surface area contributed by atoms with Gasteiger partial charge < -0.3 is 0 Å². The fourth-order valence-electron chi connectivity index (χ4n) is 1.68. The van der Waals surface area contributed by atoms with E-state index in [0.29, 0.717) is 0 Å². The van der Waals surface area contributed by atoms with Gasteiger partial charge in [0.2, 0.25) is 0 Å². The Kier molecular flexibility index (Phi) is 8.46. The Morgan fingerprint density at radius 2 is 1.59 bits per heavy atom. The number of rotatable bonds is 8. The minimum atomic E-state index is 0.800. The van der Waals surface area contributed by atoms with Crippen molar-refractivity contribution < 1.29 is 0 Å². The standard InChI is InChI=1S/C15H20BrCl/c16-13-7-5-3-1-2-4-6-8-14-9-11-15(17)12-10-14/h6,8-12H,1-5,7,13H2/b8-6-. The highest BCUT2D eigenvalue weighted by molar-refractivity contribution is 9.09. The van der Waals surface area contributed by atoms with E-state index in [4.69, 9.17) is 11.6 Å². The second-order valence-corrected chi connectivity index (χ2v) is 5.43. The Hall–Kier alpha value is -0.270. The van der Waals surface area contributed by atoms with Gasteiger partial charge in [-0.2, -0.15) is 0 Å². The lowest BCUT2D eigenvalue weighted by Gasteiger charge is -1.97. The van der Waals surface area contributed by atoms with Gasteiger partial charge in [-0.15, -0.1) is 0 Å². The van der Waals surface area contributed by atoms with E-state index in [1.54, 1.807) is 0 Å². The summed E-state index contributed by atoms with van der Waals surface area (Å²) >= 11 is 9.28. The Balaban J connectivity index is 2.08. The van der Waals surface area contributed by atoms with E-state index < -0.39 is 0 Å². The average molecular weight is 316 g/mol. The number of hydrogen-bond donors (Lipinski definition) is 0.